The van der Waals surface area contributed by atoms with Crippen molar-refractivity contribution in [3.8, 4) is 0 Å². The first-order chi connectivity index (χ1) is 10.2. The van der Waals surface area contributed by atoms with E-state index in [2.05, 4.69) is 31.3 Å². The molecule has 4 saturated carbocycles. The Bertz CT molecular complexity index is 464. The highest BCUT2D eigenvalue weighted by Crippen LogP contribution is 2.59. The third-order valence-corrected chi connectivity index (χ3v) is 6.37. The summed E-state index contributed by atoms with van der Waals surface area (Å²) in [5.41, 5.74) is 0. The highest BCUT2D eigenvalue weighted by molar-refractivity contribution is 5.14. The number of hydrogen-bond donors (Lipinski definition) is 1. The summed E-state index contributed by atoms with van der Waals surface area (Å²) >= 11 is 0. The fraction of sp³-hybridized carbons (Fsp3) is 0.789. The van der Waals surface area contributed by atoms with Gasteiger partial charge in [0.2, 0.25) is 0 Å². The summed E-state index contributed by atoms with van der Waals surface area (Å²) in [7, 11) is 0. The lowest BCUT2D eigenvalue weighted by molar-refractivity contribution is -0.0553. The third kappa shape index (κ3) is 2.46. The van der Waals surface area contributed by atoms with Gasteiger partial charge in [-0.3, -0.25) is 0 Å². The van der Waals surface area contributed by atoms with E-state index in [9.17, 15) is 0 Å². The monoisotopic (exact) mass is 287 g/mol. The molecule has 1 heterocycles. The maximum Gasteiger partial charge on any atom is 0.121 e. The second-order valence-electron chi connectivity index (χ2n) is 7.89. The van der Waals surface area contributed by atoms with E-state index in [-0.39, 0.29) is 0 Å². The molecule has 4 aliphatic rings. The van der Waals surface area contributed by atoms with E-state index in [4.69, 9.17) is 4.42 Å². The van der Waals surface area contributed by atoms with Gasteiger partial charge in [0.05, 0.1) is 6.04 Å². The van der Waals surface area contributed by atoms with Gasteiger partial charge >= 0.3 is 0 Å². The van der Waals surface area contributed by atoms with Crippen LogP contribution in [-0.4, -0.2) is 6.54 Å². The van der Waals surface area contributed by atoms with Crippen molar-refractivity contribution in [2.24, 2.45) is 29.6 Å². The molecule has 0 radical (unpaired) electrons. The second-order valence-corrected chi connectivity index (χ2v) is 7.89. The normalized spacial score (nSPS) is 38.9. The number of nitrogens with one attached hydrogen (secondary N) is 1. The zero-order valence-electron chi connectivity index (χ0n) is 13.5. The summed E-state index contributed by atoms with van der Waals surface area (Å²) in [6.45, 7) is 5.43. The summed E-state index contributed by atoms with van der Waals surface area (Å²) in [5, 5.41) is 3.83. The van der Waals surface area contributed by atoms with E-state index in [1.54, 1.807) is 0 Å². The summed E-state index contributed by atoms with van der Waals surface area (Å²) in [4.78, 5) is 0. The van der Waals surface area contributed by atoms with Crippen molar-refractivity contribution in [2.75, 3.05) is 6.54 Å². The van der Waals surface area contributed by atoms with Crippen molar-refractivity contribution in [3.05, 3.63) is 23.7 Å². The maximum atomic E-state index is 6.04. The molecule has 2 nitrogen and oxygen atoms in total. The van der Waals surface area contributed by atoms with Crippen molar-refractivity contribution in [1.82, 2.24) is 5.32 Å². The lowest BCUT2D eigenvalue weighted by Crippen LogP contribution is -2.49. The lowest BCUT2D eigenvalue weighted by Gasteiger charge is -2.56. The minimum atomic E-state index is 0.452. The van der Waals surface area contributed by atoms with E-state index in [1.807, 2.05) is 0 Å². The molecular formula is C19H29NO. The number of aryl methyl sites for hydroxylation is 1. The molecule has 1 aromatic heterocycles. The van der Waals surface area contributed by atoms with Crippen LogP contribution in [0.1, 0.15) is 63.0 Å². The Balaban J connectivity index is 1.60. The molecule has 116 valence electrons. The van der Waals surface area contributed by atoms with Crippen molar-refractivity contribution in [1.29, 1.82) is 0 Å². The average molecular weight is 287 g/mol. The summed E-state index contributed by atoms with van der Waals surface area (Å²) in [6.07, 6.45) is 8.68. The van der Waals surface area contributed by atoms with Crippen molar-refractivity contribution in [2.45, 2.75) is 58.4 Å². The van der Waals surface area contributed by atoms with Gasteiger partial charge in [-0.25, -0.2) is 0 Å². The Morgan fingerprint density at radius 2 is 1.76 bits per heavy atom. The van der Waals surface area contributed by atoms with Crippen molar-refractivity contribution < 1.29 is 4.42 Å². The van der Waals surface area contributed by atoms with E-state index in [0.717, 1.165) is 41.9 Å². The smallest absolute Gasteiger partial charge is 0.121 e. The highest BCUT2D eigenvalue weighted by atomic mass is 16.3. The molecule has 1 N–H and O–H groups in total. The van der Waals surface area contributed by atoms with Crippen LogP contribution >= 0.6 is 0 Å². The van der Waals surface area contributed by atoms with Gasteiger partial charge in [0.25, 0.3) is 0 Å². The molecule has 0 spiro atoms. The molecule has 0 aliphatic heterocycles. The van der Waals surface area contributed by atoms with E-state index >= 15 is 0 Å². The van der Waals surface area contributed by atoms with Gasteiger partial charge in [0.1, 0.15) is 11.5 Å². The molecule has 4 bridgehead atoms. The third-order valence-electron chi connectivity index (χ3n) is 6.37. The van der Waals surface area contributed by atoms with E-state index in [1.165, 1.54) is 44.3 Å². The van der Waals surface area contributed by atoms with E-state index in [0.29, 0.717) is 6.04 Å². The first kappa shape index (κ1) is 13.9. The minimum absolute atomic E-state index is 0.452. The Hall–Kier alpha value is -0.760. The molecule has 1 aromatic rings. The molecule has 4 aliphatic carbocycles. The summed E-state index contributed by atoms with van der Waals surface area (Å²) in [5.74, 6) is 7.05. The number of rotatable bonds is 5. The van der Waals surface area contributed by atoms with Gasteiger partial charge in [-0.1, -0.05) is 6.92 Å². The SMILES string of the molecule is CCCNC(c1ccc(C)o1)C1C2CC3CC(C2)CC1C3. The molecule has 4 fully saturated rings. The summed E-state index contributed by atoms with van der Waals surface area (Å²) < 4.78 is 6.04. The fourth-order valence-electron chi connectivity index (χ4n) is 5.86. The van der Waals surface area contributed by atoms with Gasteiger partial charge in [0, 0.05) is 0 Å². The van der Waals surface area contributed by atoms with Crippen LogP contribution in [0.3, 0.4) is 0 Å². The highest BCUT2D eigenvalue weighted by Gasteiger charge is 2.51. The minimum Gasteiger partial charge on any atom is -0.465 e. The number of furan rings is 1. The average Bonchev–Trinajstić information content (AvgIpc) is 2.87. The standard InChI is InChI=1S/C19H29NO/c1-3-6-20-19(17-5-4-12(2)21-17)18-15-8-13-7-14(10-15)11-16(18)9-13/h4-5,13-16,18-20H,3,6-11H2,1-2H3. The molecule has 2 heteroatoms. The largest absolute Gasteiger partial charge is 0.465 e. The first-order valence-electron chi connectivity index (χ1n) is 9.04. The lowest BCUT2D eigenvalue weighted by atomic mass is 9.50. The van der Waals surface area contributed by atoms with Crippen molar-refractivity contribution in [3.63, 3.8) is 0 Å². The molecule has 0 aromatic carbocycles. The van der Waals surface area contributed by atoms with Crippen LogP contribution in [0.2, 0.25) is 0 Å². The molecule has 21 heavy (non-hydrogen) atoms. The van der Waals surface area contributed by atoms with Gasteiger partial charge in [-0.15, -0.1) is 0 Å². The topological polar surface area (TPSA) is 25.2 Å². The zero-order chi connectivity index (χ0) is 14.4. The molecule has 1 unspecified atom stereocenters. The Labute approximate surface area is 128 Å². The van der Waals surface area contributed by atoms with Gasteiger partial charge < -0.3 is 9.73 Å². The van der Waals surface area contributed by atoms with Gasteiger partial charge in [0.15, 0.2) is 0 Å². The van der Waals surface area contributed by atoms with Crippen LogP contribution < -0.4 is 5.32 Å². The second kappa shape index (κ2) is 5.46. The first-order valence-corrected chi connectivity index (χ1v) is 9.04. The van der Waals surface area contributed by atoms with Crippen LogP contribution in [0.4, 0.5) is 0 Å². The predicted molar refractivity (Wildman–Crippen MR) is 85.0 cm³/mol. The predicted octanol–water partition coefficient (Wildman–Crippen LogP) is 4.70. The van der Waals surface area contributed by atoms with Gasteiger partial charge in [-0.05, 0) is 93.7 Å². The van der Waals surface area contributed by atoms with Crippen LogP contribution in [-0.2, 0) is 0 Å². The molecule has 0 amide bonds. The Morgan fingerprint density at radius 1 is 1.10 bits per heavy atom. The Kier molecular flexibility index (Phi) is 3.61. The van der Waals surface area contributed by atoms with Gasteiger partial charge in [-0.2, -0.15) is 0 Å². The van der Waals surface area contributed by atoms with Crippen LogP contribution in [0.5, 0.6) is 0 Å². The molecular weight excluding hydrogens is 258 g/mol. The van der Waals surface area contributed by atoms with Crippen LogP contribution in [0.15, 0.2) is 16.5 Å². The zero-order valence-corrected chi connectivity index (χ0v) is 13.5. The van der Waals surface area contributed by atoms with Crippen LogP contribution in [0, 0.1) is 36.5 Å². The molecule has 5 rings (SSSR count). The number of hydrogen-bond acceptors (Lipinski definition) is 2. The van der Waals surface area contributed by atoms with Crippen LogP contribution in [0.25, 0.3) is 0 Å². The van der Waals surface area contributed by atoms with Crippen molar-refractivity contribution >= 4 is 0 Å². The quantitative estimate of drug-likeness (QED) is 0.849. The maximum absolute atomic E-state index is 6.04. The fourth-order valence-corrected chi connectivity index (χ4v) is 5.86. The van der Waals surface area contributed by atoms with E-state index < -0.39 is 0 Å². The Morgan fingerprint density at radius 3 is 2.29 bits per heavy atom. The molecule has 1 atom stereocenters. The molecule has 0 saturated heterocycles. The summed E-state index contributed by atoms with van der Waals surface area (Å²) in [6, 6.07) is 4.80.